The molecule has 2 fully saturated rings. The second kappa shape index (κ2) is 6.90. The van der Waals surface area contributed by atoms with Crippen LogP contribution >= 0.6 is 0 Å². The molecule has 142 valence electrons. The number of fused-ring (bicyclic) bond motifs is 4. The van der Waals surface area contributed by atoms with Crippen LogP contribution in [0.25, 0.3) is 11.1 Å². The fraction of sp³-hybridized carbons (Fsp3) is 0.522. The van der Waals surface area contributed by atoms with Crippen LogP contribution in [0.5, 0.6) is 0 Å². The molecule has 3 nitrogen and oxygen atoms in total. The number of benzene rings is 1. The first-order valence-corrected chi connectivity index (χ1v) is 10.5. The van der Waals surface area contributed by atoms with E-state index < -0.39 is 0 Å². The Hall–Kier alpha value is -1.94. The topological polar surface area (TPSA) is 19.4 Å². The lowest BCUT2D eigenvalue weighted by molar-refractivity contribution is 0.270. The molecule has 2 heterocycles. The summed E-state index contributed by atoms with van der Waals surface area (Å²) in [6.45, 7) is 7.64. The Bertz CT molecular complexity index is 824. The number of aromatic nitrogens is 1. The first-order valence-electron chi connectivity index (χ1n) is 10.5. The van der Waals surface area contributed by atoms with Crippen molar-refractivity contribution in [2.45, 2.75) is 38.5 Å². The molecule has 2 bridgehead atoms. The summed E-state index contributed by atoms with van der Waals surface area (Å²) in [6, 6.07) is 9.30. The van der Waals surface area contributed by atoms with Gasteiger partial charge in [-0.05, 0) is 73.0 Å². The lowest BCUT2D eigenvalue weighted by Gasteiger charge is -2.36. The number of pyridine rings is 1. The molecule has 4 heteroatoms. The molecule has 2 unspecified atom stereocenters. The van der Waals surface area contributed by atoms with Gasteiger partial charge in [-0.25, -0.2) is 9.37 Å². The van der Waals surface area contributed by atoms with Crippen molar-refractivity contribution in [2.24, 2.45) is 5.92 Å². The van der Waals surface area contributed by atoms with Crippen molar-refractivity contribution in [3.05, 3.63) is 47.4 Å². The molecule has 1 saturated carbocycles. The Labute approximate surface area is 161 Å². The average molecular weight is 365 g/mol. The highest BCUT2D eigenvalue weighted by Crippen LogP contribution is 2.48. The molecule has 0 radical (unpaired) electrons. The van der Waals surface area contributed by atoms with Crippen LogP contribution in [0.2, 0.25) is 0 Å². The molecule has 1 aromatic carbocycles. The molecule has 0 spiro atoms. The van der Waals surface area contributed by atoms with Gasteiger partial charge in [-0.2, -0.15) is 0 Å². The normalized spacial score (nSPS) is 24.9. The largest absolute Gasteiger partial charge is 0.354 e. The van der Waals surface area contributed by atoms with Gasteiger partial charge in [0, 0.05) is 37.8 Å². The first-order chi connectivity index (χ1) is 13.2. The fourth-order valence-electron chi connectivity index (χ4n) is 5.27. The quantitative estimate of drug-likeness (QED) is 0.800. The summed E-state index contributed by atoms with van der Waals surface area (Å²) in [7, 11) is 0. The van der Waals surface area contributed by atoms with Crippen LogP contribution in [0.4, 0.5) is 10.2 Å². The van der Waals surface area contributed by atoms with E-state index in [1.807, 2.05) is 12.1 Å². The monoisotopic (exact) mass is 365 g/mol. The number of hydrogen-bond donors (Lipinski definition) is 0. The Morgan fingerprint density at radius 3 is 2.59 bits per heavy atom. The van der Waals surface area contributed by atoms with Gasteiger partial charge in [-0.1, -0.05) is 19.1 Å². The van der Waals surface area contributed by atoms with Crippen LogP contribution in [-0.4, -0.2) is 42.6 Å². The summed E-state index contributed by atoms with van der Waals surface area (Å²) >= 11 is 0. The van der Waals surface area contributed by atoms with Crippen molar-refractivity contribution in [2.75, 3.05) is 37.6 Å². The van der Waals surface area contributed by atoms with Crippen molar-refractivity contribution in [1.82, 2.24) is 9.88 Å². The molecule has 2 aliphatic carbocycles. The molecule has 2 atom stereocenters. The molecule has 1 saturated heterocycles. The van der Waals surface area contributed by atoms with Gasteiger partial charge in [0.1, 0.15) is 11.6 Å². The van der Waals surface area contributed by atoms with Gasteiger partial charge in [0.15, 0.2) is 0 Å². The average Bonchev–Trinajstić information content (AvgIpc) is 3.10. The molecule has 3 aliphatic rings. The summed E-state index contributed by atoms with van der Waals surface area (Å²) in [5.41, 5.74) is 5.17. The number of halogens is 1. The molecule has 1 aromatic heterocycles. The van der Waals surface area contributed by atoms with Crippen molar-refractivity contribution in [3.63, 3.8) is 0 Å². The van der Waals surface area contributed by atoms with E-state index >= 15 is 0 Å². The minimum absolute atomic E-state index is 0.169. The molecule has 5 rings (SSSR count). The van der Waals surface area contributed by atoms with E-state index in [-0.39, 0.29) is 5.82 Å². The number of nitrogens with zero attached hydrogens (tertiary/aromatic N) is 3. The molecule has 27 heavy (non-hydrogen) atoms. The van der Waals surface area contributed by atoms with Gasteiger partial charge >= 0.3 is 0 Å². The number of piperazine rings is 1. The van der Waals surface area contributed by atoms with Crippen LogP contribution < -0.4 is 4.90 Å². The van der Waals surface area contributed by atoms with Gasteiger partial charge in [0.05, 0.1) is 0 Å². The Morgan fingerprint density at radius 1 is 1.07 bits per heavy atom. The Kier molecular flexibility index (Phi) is 4.39. The van der Waals surface area contributed by atoms with Crippen molar-refractivity contribution in [1.29, 1.82) is 0 Å². The van der Waals surface area contributed by atoms with Crippen molar-refractivity contribution >= 4 is 5.82 Å². The molecule has 2 aromatic rings. The second-order valence-corrected chi connectivity index (χ2v) is 8.40. The summed E-state index contributed by atoms with van der Waals surface area (Å²) in [6.07, 6.45) is 5.04. The van der Waals surface area contributed by atoms with E-state index in [4.69, 9.17) is 4.98 Å². The SMILES string of the molecule is CCN1CCN(c2cc(-c3ccc(F)cc3)c3c(n2)C2CCC(C3)C2)CC1. The lowest BCUT2D eigenvalue weighted by Crippen LogP contribution is -2.46. The minimum Gasteiger partial charge on any atom is -0.354 e. The van der Waals surface area contributed by atoms with Crippen LogP contribution in [0.3, 0.4) is 0 Å². The van der Waals surface area contributed by atoms with Crippen LogP contribution in [-0.2, 0) is 6.42 Å². The highest BCUT2D eigenvalue weighted by molar-refractivity contribution is 5.72. The molecule has 1 aliphatic heterocycles. The maximum atomic E-state index is 13.5. The highest BCUT2D eigenvalue weighted by atomic mass is 19.1. The van der Waals surface area contributed by atoms with Gasteiger partial charge < -0.3 is 9.80 Å². The second-order valence-electron chi connectivity index (χ2n) is 8.40. The predicted molar refractivity (Wildman–Crippen MR) is 108 cm³/mol. The third-order valence-electron chi connectivity index (χ3n) is 6.86. The number of likely N-dealkylation sites (N-methyl/N-ethyl adjacent to an activating group) is 1. The smallest absolute Gasteiger partial charge is 0.129 e. The fourth-order valence-corrected chi connectivity index (χ4v) is 5.27. The van der Waals surface area contributed by atoms with Crippen LogP contribution in [0.1, 0.15) is 43.4 Å². The molecule has 0 N–H and O–H groups in total. The summed E-state index contributed by atoms with van der Waals surface area (Å²) in [4.78, 5) is 10.1. The van der Waals surface area contributed by atoms with E-state index in [0.29, 0.717) is 5.92 Å². The van der Waals surface area contributed by atoms with Gasteiger partial charge in [-0.15, -0.1) is 0 Å². The van der Waals surface area contributed by atoms with Crippen molar-refractivity contribution in [3.8, 4) is 11.1 Å². The van der Waals surface area contributed by atoms with Gasteiger partial charge in [-0.3, -0.25) is 0 Å². The zero-order valence-electron chi connectivity index (χ0n) is 16.1. The minimum atomic E-state index is -0.169. The van der Waals surface area contributed by atoms with Gasteiger partial charge in [0.25, 0.3) is 0 Å². The highest BCUT2D eigenvalue weighted by Gasteiger charge is 2.36. The summed E-state index contributed by atoms with van der Waals surface area (Å²) < 4.78 is 13.5. The summed E-state index contributed by atoms with van der Waals surface area (Å²) in [5.74, 6) is 2.38. The zero-order chi connectivity index (χ0) is 18.4. The van der Waals surface area contributed by atoms with E-state index in [2.05, 4.69) is 22.8 Å². The number of anilines is 1. The first kappa shape index (κ1) is 17.2. The van der Waals surface area contributed by atoms with E-state index in [0.717, 1.165) is 56.4 Å². The van der Waals surface area contributed by atoms with Crippen LogP contribution in [0.15, 0.2) is 30.3 Å². The molecule has 0 amide bonds. The Morgan fingerprint density at radius 2 is 1.85 bits per heavy atom. The predicted octanol–water partition coefficient (Wildman–Crippen LogP) is 4.47. The standard InChI is InChI=1S/C23H28FN3/c1-2-26-9-11-27(12-10-26)22-15-20(17-5-7-19(24)8-6-17)21-14-16-3-4-18(13-16)23(21)25-22/h5-8,15-16,18H,2-4,9-14H2,1H3. The third-order valence-corrected chi connectivity index (χ3v) is 6.86. The number of hydrogen-bond acceptors (Lipinski definition) is 3. The third kappa shape index (κ3) is 3.14. The van der Waals surface area contributed by atoms with Gasteiger partial charge in [0.2, 0.25) is 0 Å². The lowest BCUT2D eigenvalue weighted by atomic mass is 9.82. The molecular formula is C23H28FN3. The van der Waals surface area contributed by atoms with Crippen LogP contribution in [0, 0.1) is 11.7 Å². The number of rotatable bonds is 3. The summed E-state index contributed by atoms with van der Waals surface area (Å²) in [5, 5.41) is 0. The van der Waals surface area contributed by atoms with E-state index in [1.54, 1.807) is 12.1 Å². The van der Waals surface area contributed by atoms with E-state index in [1.165, 1.54) is 36.1 Å². The van der Waals surface area contributed by atoms with E-state index in [9.17, 15) is 4.39 Å². The maximum Gasteiger partial charge on any atom is 0.129 e. The van der Waals surface area contributed by atoms with Crippen molar-refractivity contribution < 1.29 is 4.39 Å². The zero-order valence-corrected chi connectivity index (χ0v) is 16.1. The Balaban J connectivity index is 1.57. The molecular weight excluding hydrogens is 337 g/mol. The maximum absolute atomic E-state index is 13.5.